The zero-order chi connectivity index (χ0) is 22.1. The normalized spacial score (nSPS) is 10.5. The van der Waals surface area contributed by atoms with Gasteiger partial charge in [-0.15, -0.1) is 0 Å². The number of aliphatic carboxylic acids is 1. The van der Waals surface area contributed by atoms with E-state index < -0.39 is 12.6 Å². The molecule has 0 aliphatic carbocycles. The fourth-order valence-corrected chi connectivity index (χ4v) is 2.77. The molecule has 6 nitrogen and oxygen atoms in total. The third-order valence-electron chi connectivity index (χ3n) is 4.30. The highest BCUT2D eigenvalue weighted by Gasteiger charge is 2.19. The van der Waals surface area contributed by atoms with Crippen LogP contribution in [-0.2, 0) is 11.2 Å². The SMILES string of the molecule is COc1ccc(C=CC(=O)c2ccc(OC)c(CC=C(C)C)c2OCC(=O)O)cc1. The summed E-state index contributed by atoms with van der Waals surface area (Å²) in [5.74, 6) is 0.0505. The van der Waals surface area contributed by atoms with Crippen LogP contribution in [0.15, 0.2) is 54.1 Å². The van der Waals surface area contributed by atoms with E-state index in [1.165, 1.54) is 13.2 Å². The Hall–Kier alpha value is -3.54. The van der Waals surface area contributed by atoms with Crippen molar-refractivity contribution >= 4 is 17.8 Å². The molecular formula is C24H26O6. The van der Waals surface area contributed by atoms with Crippen LogP contribution in [0.3, 0.4) is 0 Å². The number of hydrogen-bond acceptors (Lipinski definition) is 5. The first-order chi connectivity index (χ1) is 14.3. The lowest BCUT2D eigenvalue weighted by atomic mass is 10.00. The number of carbonyl (C=O) groups is 2. The summed E-state index contributed by atoms with van der Waals surface area (Å²) in [7, 11) is 3.11. The minimum absolute atomic E-state index is 0.221. The highest BCUT2D eigenvalue weighted by atomic mass is 16.5. The summed E-state index contributed by atoms with van der Waals surface area (Å²) in [6.07, 6.45) is 5.53. The molecular weight excluding hydrogens is 384 g/mol. The van der Waals surface area contributed by atoms with Crippen LogP contribution in [0.25, 0.3) is 6.08 Å². The van der Waals surface area contributed by atoms with Gasteiger partial charge < -0.3 is 19.3 Å². The van der Waals surface area contributed by atoms with Gasteiger partial charge in [-0.05, 0) is 56.2 Å². The lowest BCUT2D eigenvalue weighted by molar-refractivity contribution is -0.139. The largest absolute Gasteiger partial charge is 0.497 e. The van der Waals surface area contributed by atoms with Gasteiger partial charge in [0, 0.05) is 5.56 Å². The molecule has 0 aliphatic heterocycles. The van der Waals surface area contributed by atoms with Crippen LogP contribution in [-0.4, -0.2) is 37.7 Å². The number of ketones is 1. The minimum Gasteiger partial charge on any atom is -0.497 e. The van der Waals surface area contributed by atoms with Crippen molar-refractivity contribution in [2.45, 2.75) is 20.3 Å². The van der Waals surface area contributed by atoms with E-state index >= 15 is 0 Å². The molecule has 1 N–H and O–H groups in total. The summed E-state index contributed by atoms with van der Waals surface area (Å²) < 4.78 is 16.1. The quantitative estimate of drug-likeness (QED) is 0.351. The summed E-state index contributed by atoms with van der Waals surface area (Å²) in [4.78, 5) is 24.0. The zero-order valence-corrected chi connectivity index (χ0v) is 17.6. The van der Waals surface area contributed by atoms with Gasteiger partial charge in [0.05, 0.1) is 19.8 Å². The number of benzene rings is 2. The number of ether oxygens (including phenoxy) is 3. The first kappa shape index (κ1) is 22.7. The Balaban J connectivity index is 2.43. The van der Waals surface area contributed by atoms with Crippen molar-refractivity contribution in [1.29, 1.82) is 0 Å². The average molecular weight is 410 g/mol. The Morgan fingerprint density at radius 1 is 1.00 bits per heavy atom. The van der Waals surface area contributed by atoms with Crippen molar-refractivity contribution < 1.29 is 28.9 Å². The van der Waals surface area contributed by atoms with Crippen LogP contribution in [0.4, 0.5) is 0 Å². The molecule has 0 amide bonds. The Labute approximate surface area is 176 Å². The van der Waals surface area contributed by atoms with Gasteiger partial charge in [-0.1, -0.05) is 29.9 Å². The van der Waals surface area contributed by atoms with E-state index in [0.29, 0.717) is 17.7 Å². The fraction of sp³-hybridized carbons (Fsp3) is 0.250. The molecule has 158 valence electrons. The number of carboxylic acids is 1. The van der Waals surface area contributed by atoms with Gasteiger partial charge in [-0.2, -0.15) is 0 Å². The smallest absolute Gasteiger partial charge is 0.341 e. The molecule has 0 fully saturated rings. The number of rotatable bonds is 10. The maximum absolute atomic E-state index is 12.9. The topological polar surface area (TPSA) is 82.1 Å². The molecule has 0 spiro atoms. The number of carboxylic acid groups (broad SMARTS) is 1. The molecule has 0 saturated heterocycles. The van der Waals surface area contributed by atoms with Crippen molar-refractivity contribution in [2.75, 3.05) is 20.8 Å². The summed E-state index contributed by atoms with van der Waals surface area (Å²) in [5, 5.41) is 9.06. The highest BCUT2D eigenvalue weighted by Crippen LogP contribution is 2.34. The van der Waals surface area contributed by atoms with Gasteiger partial charge in [-0.25, -0.2) is 4.79 Å². The first-order valence-electron chi connectivity index (χ1n) is 9.40. The van der Waals surface area contributed by atoms with Crippen LogP contribution in [0, 0.1) is 0 Å². The van der Waals surface area contributed by atoms with Crippen LogP contribution >= 0.6 is 0 Å². The Morgan fingerprint density at radius 2 is 1.70 bits per heavy atom. The van der Waals surface area contributed by atoms with Crippen molar-refractivity contribution in [3.8, 4) is 17.2 Å². The molecule has 0 heterocycles. The minimum atomic E-state index is -1.13. The third kappa shape index (κ3) is 6.24. The standard InChI is InChI=1S/C24H26O6/c1-16(2)5-11-20-22(29-4)14-12-19(24(20)30-15-23(26)27)21(25)13-8-17-6-9-18(28-3)10-7-17/h5-10,12-14H,11,15H2,1-4H3,(H,26,27). The number of allylic oxidation sites excluding steroid dienone is 3. The highest BCUT2D eigenvalue weighted by molar-refractivity contribution is 6.09. The summed E-state index contributed by atoms with van der Waals surface area (Å²) in [6, 6.07) is 10.5. The van der Waals surface area contributed by atoms with E-state index in [1.54, 1.807) is 37.5 Å². The summed E-state index contributed by atoms with van der Waals surface area (Å²) >= 11 is 0. The molecule has 0 radical (unpaired) electrons. The van der Waals surface area contributed by atoms with Crippen LogP contribution in [0.5, 0.6) is 17.2 Å². The molecule has 2 aromatic rings. The number of hydrogen-bond donors (Lipinski definition) is 1. The van der Waals surface area contributed by atoms with Gasteiger partial charge in [0.2, 0.25) is 0 Å². The van der Waals surface area contributed by atoms with Crippen LogP contribution < -0.4 is 14.2 Å². The van der Waals surface area contributed by atoms with E-state index in [0.717, 1.165) is 16.9 Å². The van der Waals surface area contributed by atoms with E-state index in [1.807, 2.05) is 32.1 Å². The maximum Gasteiger partial charge on any atom is 0.341 e. The number of carbonyl (C=O) groups excluding carboxylic acids is 1. The molecule has 0 atom stereocenters. The maximum atomic E-state index is 12.9. The van der Waals surface area contributed by atoms with E-state index in [-0.39, 0.29) is 17.1 Å². The molecule has 0 bridgehead atoms. The van der Waals surface area contributed by atoms with Gasteiger partial charge >= 0.3 is 5.97 Å². The Morgan fingerprint density at radius 3 is 2.27 bits per heavy atom. The second-order valence-corrected chi connectivity index (χ2v) is 6.76. The van der Waals surface area contributed by atoms with Crippen LogP contribution in [0.2, 0.25) is 0 Å². The summed E-state index contributed by atoms with van der Waals surface area (Å²) in [5.41, 5.74) is 2.82. The average Bonchev–Trinajstić information content (AvgIpc) is 2.74. The molecule has 0 aromatic heterocycles. The number of methoxy groups -OCH3 is 2. The molecule has 0 aliphatic rings. The summed E-state index contributed by atoms with van der Waals surface area (Å²) in [6.45, 7) is 3.35. The van der Waals surface area contributed by atoms with E-state index in [9.17, 15) is 9.59 Å². The van der Waals surface area contributed by atoms with E-state index in [2.05, 4.69) is 0 Å². The third-order valence-corrected chi connectivity index (χ3v) is 4.30. The van der Waals surface area contributed by atoms with Gasteiger partial charge in [-0.3, -0.25) is 4.79 Å². The van der Waals surface area contributed by atoms with Crippen molar-refractivity contribution in [3.63, 3.8) is 0 Å². The molecule has 0 saturated carbocycles. The second-order valence-electron chi connectivity index (χ2n) is 6.76. The molecule has 6 heteroatoms. The molecule has 2 aromatic carbocycles. The van der Waals surface area contributed by atoms with Crippen molar-refractivity contribution in [1.82, 2.24) is 0 Å². The lowest BCUT2D eigenvalue weighted by Crippen LogP contribution is -2.13. The molecule has 2 rings (SSSR count). The van der Waals surface area contributed by atoms with Gasteiger partial charge in [0.25, 0.3) is 0 Å². The van der Waals surface area contributed by atoms with Gasteiger partial charge in [0.15, 0.2) is 12.4 Å². The molecule has 30 heavy (non-hydrogen) atoms. The second kappa shape index (κ2) is 10.9. The van der Waals surface area contributed by atoms with Gasteiger partial charge in [0.1, 0.15) is 17.2 Å². The van der Waals surface area contributed by atoms with Crippen molar-refractivity contribution in [2.24, 2.45) is 0 Å². The monoisotopic (exact) mass is 410 g/mol. The molecule has 0 unspecified atom stereocenters. The zero-order valence-electron chi connectivity index (χ0n) is 17.6. The van der Waals surface area contributed by atoms with E-state index in [4.69, 9.17) is 19.3 Å². The predicted molar refractivity (Wildman–Crippen MR) is 116 cm³/mol. The first-order valence-corrected chi connectivity index (χ1v) is 9.40. The Kier molecular flexibility index (Phi) is 8.23. The fourth-order valence-electron chi connectivity index (χ4n) is 2.77. The lowest BCUT2D eigenvalue weighted by Gasteiger charge is -2.16. The predicted octanol–water partition coefficient (Wildman–Crippen LogP) is 4.57. The van der Waals surface area contributed by atoms with Crippen LogP contribution in [0.1, 0.15) is 35.3 Å². The van der Waals surface area contributed by atoms with Crippen molar-refractivity contribution in [3.05, 3.63) is 70.8 Å². The Bertz CT molecular complexity index is 950.